The number of aromatic nitrogens is 4. The molecule has 0 bridgehead atoms. The van der Waals surface area contributed by atoms with Gasteiger partial charge in [-0.3, -0.25) is 4.79 Å². The van der Waals surface area contributed by atoms with Crippen LogP contribution in [0.4, 0.5) is 0 Å². The number of nitrogens with one attached hydrogen (secondary N) is 1. The van der Waals surface area contributed by atoms with Crippen molar-refractivity contribution < 1.29 is 0 Å². The lowest BCUT2D eigenvalue weighted by Gasteiger charge is -1.96. The molecular weight excluding hydrogens is 180 g/mol. The molecule has 2 rings (SSSR count). The zero-order chi connectivity index (χ0) is 10.3. The molecule has 2 aromatic heterocycles. The molecule has 0 radical (unpaired) electrons. The first-order valence-electron chi connectivity index (χ1n) is 4.54. The summed E-state index contributed by atoms with van der Waals surface area (Å²) in [6.07, 6.45) is 0. The van der Waals surface area contributed by atoms with Crippen LogP contribution >= 0.6 is 0 Å². The highest BCUT2D eigenvalue weighted by Crippen LogP contribution is 2.13. The summed E-state index contributed by atoms with van der Waals surface area (Å²) in [6, 6.07) is 1.80. The molecule has 14 heavy (non-hydrogen) atoms. The minimum Gasteiger partial charge on any atom is -0.266 e. The van der Waals surface area contributed by atoms with Gasteiger partial charge < -0.3 is 0 Å². The second-order valence-electron chi connectivity index (χ2n) is 3.62. The van der Waals surface area contributed by atoms with E-state index in [4.69, 9.17) is 0 Å². The highest BCUT2D eigenvalue weighted by Gasteiger charge is 2.09. The molecule has 0 saturated heterocycles. The van der Waals surface area contributed by atoms with Crippen molar-refractivity contribution in [1.29, 1.82) is 0 Å². The van der Waals surface area contributed by atoms with E-state index in [1.807, 2.05) is 13.8 Å². The Kier molecular flexibility index (Phi) is 1.87. The maximum absolute atomic E-state index is 11.4. The average Bonchev–Trinajstić information content (AvgIpc) is 2.57. The van der Waals surface area contributed by atoms with Crippen LogP contribution in [-0.4, -0.2) is 19.8 Å². The third kappa shape index (κ3) is 1.21. The predicted octanol–water partition coefficient (Wildman–Crippen LogP) is 0.849. The first-order chi connectivity index (χ1) is 6.59. The minimum absolute atomic E-state index is 0.199. The highest BCUT2D eigenvalue weighted by atomic mass is 16.1. The number of aromatic amines is 1. The fraction of sp³-hybridized carbons (Fsp3) is 0.444. The molecule has 0 aliphatic carbocycles. The summed E-state index contributed by atoms with van der Waals surface area (Å²) >= 11 is 0. The van der Waals surface area contributed by atoms with E-state index >= 15 is 0 Å². The number of H-pyrrole nitrogens is 1. The number of hydrogen-bond acceptors (Lipinski definition) is 3. The molecule has 74 valence electrons. The Bertz CT molecular complexity index is 523. The van der Waals surface area contributed by atoms with Crippen LogP contribution in [0.3, 0.4) is 0 Å². The molecule has 5 nitrogen and oxygen atoms in total. The lowest BCUT2D eigenvalue weighted by Crippen LogP contribution is -2.14. The molecule has 0 aliphatic heterocycles. The molecular formula is C9H12N4O. The van der Waals surface area contributed by atoms with Crippen molar-refractivity contribution in [2.75, 3.05) is 0 Å². The van der Waals surface area contributed by atoms with Gasteiger partial charge in [0.05, 0.1) is 5.69 Å². The van der Waals surface area contributed by atoms with Gasteiger partial charge in [0.1, 0.15) is 11.3 Å². The Labute approximate surface area is 80.8 Å². The van der Waals surface area contributed by atoms with Gasteiger partial charge in [0, 0.05) is 0 Å². The normalized spacial score (nSPS) is 11.4. The summed E-state index contributed by atoms with van der Waals surface area (Å²) in [5.41, 5.74) is 1.27. The first-order valence-corrected chi connectivity index (χ1v) is 4.54. The van der Waals surface area contributed by atoms with E-state index in [0.717, 1.165) is 5.69 Å². The SMILES string of the molecule is Cc1n[nH]c(=O)c2cc(C(C)C)nn12. The molecule has 2 heterocycles. The average molecular weight is 192 g/mol. The summed E-state index contributed by atoms with van der Waals surface area (Å²) in [5.74, 6) is 1.00. The summed E-state index contributed by atoms with van der Waals surface area (Å²) in [7, 11) is 0. The minimum atomic E-state index is -0.199. The van der Waals surface area contributed by atoms with Gasteiger partial charge in [-0.2, -0.15) is 10.2 Å². The van der Waals surface area contributed by atoms with Gasteiger partial charge in [-0.1, -0.05) is 13.8 Å². The maximum atomic E-state index is 11.4. The van der Waals surface area contributed by atoms with Crippen LogP contribution in [0.15, 0.2) is 10.9 Å². The molecule has 0 unspecified atom stereocenters. The predicted molar refractivity (Wildman–Crippen MR) is 52.4 cm³/mol. The van der Waals surface area contributed by atoms with Crippen LogP contribution in [0.5, 0.6) is 0 Å². The summed E-state index contributed by atoms with van der Waals surface area (Å²) in [4.78, 5) is 11.4. The van der Waals surface area contributed by atoms with E-state index in [-0.39, 0.29) is 5.56 Å². The fourth-order valence-electron chi connectivity index (χ4n) is 1.33. The number of fused-ring (bicyclic) bond motifs is 1. The molecule has 0 aromatic carbocycles. The molecule has 2 aromatic rings. The van der Waals surface area contributed by atoms with E-state index in [1.54, 1.807) is 17.5 Å². The summed E-state index contributed by atoms with van der Waals surface area (Å²) < 4.78 is 1.58. The second kappa shape index (κ2) is 2.94. The van der Waals surface area contributed by atoms with E-state index in [0.29, 0.717) is 17.3 Å². The van der Waals surface area contributed by atoms with Crippen molar-refractivity contribution in [3.63, 3.8) is 0 Å². The van der Waals surface area contributed by atoms with Gasteiger partial charge in [0.15, 0.2) is 0 Å². The van der Waals surface area contributed by atoms with Crippen molar-refractivity contribution in [1.82, 2.24) is 19.8 Å². The standard InChI is InChI=1S/C9H12N4O/c1-5(2)7-4-8-9(14)11-10-6(3)13(8)12-7/h4-5H,1-3H3,(H,11,14). The molecule has 1 N–H and O–H groups in total. The van der Waals surface area contributed by atoms with Crippen molar-refractivity contribution in [3.05, 3.63) is 27.9 Å². The molecule has 0 aliphatic rings. The van der Waals surface area contributed by atoms with E-state index < -0.39 is 0 Å². The zero-order valence-corrected chi connectivity index (χ0v) is 8.40. The van der Waals surface area contributed by atoms with Gasteiger partial charge in [-0.25, -0.2) is 9.61 Å². The monoisotopic (exact) mass is 192 g/mol. The fourth-order valence-corrected chi connectivity index (χ4v) is 1.33. The number of aryl methyl sites for hydroxylation is 1. The number of hydrogen-bond donors (Lipinski definition) is 1. The van der Waals surface area contributed by atoms with Gasteiger partial charge in [0.25, 0.3) is 5.56 Å². The lowest BCUT2D eigenvalue weighted by molar-refractivity contribution is 0.745. The zero-order valence-electron chi connectivity index (χ0n) is 8.40. The summed E-state index contributed by atoms with van der Waals surface area (Å²) in [5, 5.41) is 10.6. The Balaban J connectivity index is 2.82. The van der Waals surface area contributed by atoms with Gasteiger partial charge in [-0.05, 0) is 18.9 Å². The van der Waals surface area contributed by atoms with Gasteiger partial charge >= 0.3 is 0 Å². The van der Waals surface area contributed by atoms with E-state index in [9.17, 15) is 4.79 Å². The van der Waals surface area contributed by atoms with Crippen molar-refractivity contribution in [2.45, 2.75) is 26.7 Å². The van der Waals surface area contributed by atoms with E-state index in [2.05, 4.69) is 15.3 Å². The Morgan fingerprint density at radius 3 is 2.79 bits per heavy atom. The molecule has 0 amide bonds. The third-order valence-electron chi connectivity index (χ3n) is 2.18. The molecule has 0 atom stereocenters. The van der Waals surface area contributed by atoms with Crippen LogP contribution in [0.25, 0.3) is 5.52 Å². The van der Waals surface area contributed by atoms with Crippen LogP contribution in [0, 0.1) is 6.92 Å². The van der Waals surface area contributed by atoms with Crippen LogP contribution < -0.4 is 5.56 Å². The topological polar surface area (TPSA) is 63.0 Å². The van der Waals surface area contributed by atoms with E-state index in [1.165, 1.54) is 0 Å². The smallest absolute Gasteiger partial charge is 0.266 e. The lowest BCUT2D eigenvalue weighted by atomic mass is 10.1. The maximum Gasteiger partial charge on any atom is 0.290 e. The number of nitrogens with zero attached hydrogens (tertiary/aromatic N) is 3. The molecule has 0 saturated carbocycles. The largest absolute Gasteiger partial charge is 0.290 e. The Morgan fingerprint density at radius 1 is 1.50 bits per heavy atom. The van der Waals surface area contributed by atoms with Crippen LogP contribution in [0.1, 0.15) is 31.3 Å². The summed E-state index contributed by atoms with van der Waals surface area (Å²) in [6.45, 7) is 5.89. The second-order valence-corrected chi connectivity index (χ2v) is 3.62. The molecule has 0 spiro atoms. The quantitative estimate of drug-likeness (QED) is 0.728. The molecule has 0 fully saturated rings. The Hall–Kier alpha value is -1.65. The van der Waals surface area contributed by atoms with Gasteiger partial charge in [0.2, 0.25) is 0 Å². The van der Waals surface area contributed by atoms with Crippen LogP contribution in [-0.2, 0) is 0 Å². The van der Waals surface area contributed by atoms with Crippen molar-refractivity contribution in [2.24, 2.45) is 0 Å². The van der Waals surface area contributed by atoms with Crippen molar-refractivity contribution >= 4 is 5.52 Å². The van der Waals surface area contributed by atoms with Gasteiger partial charge in [-0.15, -0.1) is 0 Å². The third-order valence-corrected chi connectivity index (χ3v) is 2.18. The highest BCUT2D eigenvalue weighted by molar-refractivity contribution is 5.45. The molecule has 5 heteroatoms. The first kappa shape index (κ1) is 8.93. The van der Waals surface area contributed by atoms with Crippen LogP contribution in [0.2, 0.25) is 0 Å². The van der Waals surface area contributed by atoms with Crippen molar-refractivity contribution in [3.8, 4) is 0 Å². The Morgan fingerprint density at radius 2 is 2.21 bits per heavy atom. The number of rotatable bonds is 1.